The van der Waals surface area contributed by atoms with Gasteiger partial charge in [0.05, 0.1) is 5.92 Å². The summed E-state index contributed by atoms with van der Waals surface area (Å²) in [5.74, 6) is 0.112. The zero-order chi connectivity index (χ0) is 13.9. The van der Waals surface area contributed by atoms with Crippen LogP contribution >= 0.6 is 0 Å². The van der Waals surface area contributed by atoms with Gasteiger partial charge in [0.1, 0.15) is 0 Å². The molecular formula is C14H18N4O2. The van der Waals surface area contributed by atoms with Crippen LogP contribution in [0.15, 0.2) is 24.3 Å². The number of nitrogens with one attached hydrogen (secondary N) is 3. The molecule has 0 aromatic heterocycles. The number of benzene rings is 1. The second-order valence-corrected chi connectivity index (χ2v) is 5.11. The fourth-order valence-electron chi connectivity index (χ4n) is 2.57. The highest BCUT2D eigenvalue weighted by molar-refractivity contribution is 5.95. The van der Waals surface area contributed by atoms with Crippen molar-refractivity contribution in [3.8, 4) is 0 Å². The summed E-state index contributed by atoms with van der Waals surface area (Å²) in [4.78, 5) is 25.2. The number of hydrogen-bond donors (Lipinski definition) is 3. The molecule has 6 nitrogen and oxygen atoms in total. The molecule has 0 aliphatic carbocycles. The molecule has 1 atom stereocenters. The van der Waals surface area contributed by atoms with Gasteiger partial charge in [0.15, 0.2) is 0 Å². The fraction of sp³-hybridized carbons (Fsp3) is 0.429. The van der Waals surface area contributed by atoms with Crippen LogP contribution in [0.5, 0.6) is 0 Å². The Bertz CT molecular complexity index is 508. The summed E-state index contributed by atoms with van der Waals surface area (Å²) in [6.45, 7) is 3.00. The van der Waals surface area contributed by atoms with E-state index < -0.39 is 0 Å². The minimum Gasteiger partial charge on any atom is -0.336 e. The van der Waals surface area contributed by atoms with Gasteiger partial charge in [0.2, 0.25) is 5.91 Å². The Hall–Kier alpha value is -2.08. The maximum absolute atomic E-state index is 12.0. The molecule has 2 aliphatic heterocycles. The Balaban J connectivity index is 1.63. The van der Waals surface area contributed by atoms with Crippen LogP contribution in [0.3, 0.4) is 0 Å². The van der Waals surface area contributed by atoms with E-state index in [1.54, 1.807) is 4.90 Å². The van der Waals surface area contributed by atoms with Crippen molar-refractivity contribution >= 4 is 23.3 Å². The topological polar surface area (TPSA) is 73.5 Å². The monoisotopic (exact) mass is 274 g/mol. The molecule has 2 saturated heterocycles. The first kappa shape index (κ1) is 12.9. The highest BCUT2D eigenvalue weighted by Gasteiger charge is 2.23. The maximum atomic E-state index is 12.0. The number of anilines is 2. The van der Waals surface area contributed by atoms with Crippen molar-refractivity contribution in [2.24, 2.45) is 5.92 Å². The van der Waals surface area contributed by atoms with Gasteiger partial charge < -0.3 is 16.0 Å². The maximum Gasteiger partial charge on any atom is 0.321 e. The fourth-order valence-corrected chi connectivity index (χ4v) is 2.57. The van der Waals surface area contributed by atoms with Crippen LogP contribution in [0.25, 0.3) is 0 Å². The van der Waals surface area contributed by atoms with E-state index in [1.165, 1.54) is 0 Å². The van der Waals surface area contributed by atoms with Crippen molar-refractivity contribution in [2.75, 3.05) is 36.4 Å². The van der Waals surface area contributed by atoms with Gasteiger partial charge in [-0.1, -0.05) is 0 Å². The Morgan fingerprint density at radius 3 is 2.65 bits per heavy atom. The van der Waals surface area contributed by atoms with E-state index in [-0.39, 0.29) is 17.9 Å². The zero-order valence-corrected chi connectivity index (χ0v) is 11.2. The van der Waals surface area contributed by atoms with Crippen LogP contribution in [-0.2, 0) is 4.79 Å². The number of carbonyl (C=O) groups excluding carboxylic acids is 2. The average molecular weight is 274 g/mol. The molecular weight excluding hydrogens is 256 g/mol. The lowest BCUT2D eigenvalue weighted by molar-refractivity contribution is -0.119. The van der Waals surface area contributed by atoms with Crippen molar-refractivity contribution in [1.29, 1.82) is 0 Å². The van der Waals surface area contributed by atoms with Crippen LogP contribution in [0.1, 0.15) is 6.42 Å². The molecule has 1 aromatic rings. The Kier molecular flexibility index (Phi) is 3.56. The number of nitrogens with zero attached hydrogens (tertiary/aromatic N) is 1. The largest absolute Gasteiger partial charge is 0.336 e. The normalized spacial score (nSPS) is 21.9. The number of rotatable bonds is 3. The molecule has 3 amide bonds. The minimum atomic E-state index is -0.0705. The molecule has 0 saturated carbocycles. The molecule has 0 bridgehead atoms. The van der Waals surface area contributed by atoms with Crippen LogP contribution < -0.4 is 20.9 Å². The molecule has 6 heteroatoms. The van der Waals surface area contributed by atoms with E-state index in [9.17, 15) is 9.59 Å². The second kappa shape index (κ2) is 5.50. The third kappa shape index (κ3) is 2.60. The molecule has 1 aromatic carbocycles. The van der Waals surface area contributed by atoms with Crippen molar-refractivity contribution in [2.45, 2.75) is 6.42 Å². The Morgan fingerprint density at radius 1 is 1.25 bits per heavy atom. The van der Waals surface area contributed by atoms with Crippen molar-refractivity contribution in [3.05, 3.63) is 24.3 Å². The molecule has 1 unspecified atom stereocenters. The zero-order valence-electron chi connectivity index (χ0n) is 11.2. The summed E-state index contributed by atoms with van der Waals surface area (Å²) in [5, 5.41) is 8.86. The molecule has 3 rings (SSSR count). The Labute approximate surface area is 117 Å². The third-order valence-electron chi connectivity index (χ3n) is 3.73. The first-order chi connectivity index (χ1) is 9.74. The smallest absolute Gasteiger partial charge is 0.321 e. The lowest BCUT2D eigenvalue weighted by Gasteiger charge is -2.15. The average Bonchev–Trinajstić information content (AvgIpc) is 3.11. The van der Waals surface area contributed by atoms with Gasteiger partial charge in [-0.05, 0) is 37.2 Å². The molecule has 2 fully saturated rings. The summed E-state index contributed by atoms with van der Waals surface area (Å²) < 4.78 is 0. The van der Waals surface area contributed by atoms with Gasteiger partial charge in [-0.3, -0.25) is 9.69 Å². The van der Waals surface area contributed by atoms with E-state index in [0.29, 0.717) is 13.1 Å². The SMILES string of the molecule is O=C(Nc1ccc(N2CCNC2=O)cc1)C1CCNC1. The first-order valence-electron chi connectivity index (χ1n) is 6.91. The molecule has 0 radical (unpaired) electrons. The lowest BCUT2D eigenvalue weighted by Crippen LogP contribution is -2.27. The summed E-state index contributed by atoms with van der Waals surface area (Å²) >= 11 is 0. The van der Waals surface area contributed by atoms with Gasteiger partial charge in [-0.2, -0.15) is 0 Å². The predicted octanol–water partition coefficient (Wildman–Crippen LogP) is 0.764. The van der Waals surface area contributed by atoms with E-state index in [4.69, 9.17) is 0 Å². The van der Waals surface area contributed by atoms with Crippen LogP contribution in [0.2, 0.25) is 0 Å². The summed E-state index contributed by atoms with van der Waals surface area (Å²) in [5.41, 5.74) is 1.62. The van der Waals surface area contributed by atoms with E-state index in [0.717, 1.165) is 30.9 Å². The van der Waals surface area contributed by atoms with Gasteiger partial charge in [0.25, 0.3) is 0 Å². The van der Waals surface area contributed by atoms with Crippen LogP contribution in [-0.4, -0.2) is 38.1 Å². The van der Waals surface area contributed by atoms with E-state index in [1.807, 2.05) is 24.3 Å². The predicted molar refractivity (Wildman–Crippen MR) is 76.8 cm³/mol. The quantitative estimate of drug-likeness (QED) is 0.762. The van der Waals surface area contributed by atoms with Crippen molar-refractivity contribution in [3.63, 3.8) is 0 Å². The summed E-state index contributed by atoms with van der Waals surface area (Å²) in [6.07, 6.45) is 0.887. The van der Waals surface area contributed by atoms with Gasteiger partial charge in [-0.25, -0.2) is 4.79 Å². The minimum absolute atomic E-state index is 0.0547. The van der Waals surface area contributed by atoms with Gasteiger partial charge >= 0.3 is 6.03 Å². The number of hydrogen-bond acceptors (Lipinski definition) is 3. The molecule has 0 spiro atoms. The number of urea groups is 1. The van der Waals surface area contributed by atoms with Crippen LogP contribution in [0.4, 0.5) is 16.2 Å². The molecule has 2 aliphatic rings. The highest BCUT2D eigenvalue weighted by Crippen LogP contribution is 2.20. The number of carbonyl (C=O) groups is 2. The molecule has 20 heavy (non-hydrogen) atoms. The van der Waals surface area contributed by atoms with Gasteiger partial charge in [-0.15, -0.1) is 0 Å². The summed E-state index contributed by atoms with van der Waals surface area (Å²) in [7, 11) is 0. The third-order valence-corrected chi connectivity index (χ3v) is 3.73. The Morgan fingerprint density at radius 2 is 2.05 bits per heavy atom. The second-order valence-electron chi connectivity index (χ2n) is 5.11. The molecule has 2 heterocycles. The van der Waals surface area contributed by atoms with E-state index in [2.05, 4.69) is 16.0 Å². The van der Waals surface area contributed by atoms with Gasteiger partial charge in [0, 0.05) is 31.0 Å². The summed E-state index contributed by atoms with van der Waals surface area (Å²) in [6, 6.07) is 7.31. The highest BCUT2D eigenvalue weighted by atomic mass is 16.2. The molecule has 106 valence electrons. The van der Waals surface area contributed by atoms with Crippen molar-refractivity contribution < 1.29 is 9.59 Å². The molecule has 3 N–H and O–H groups in total. The lowest BCUT2D eigenvalue weighted by atomic mass is 10.1. The van der Waals surface area contributed by atoms with E-state index >= 15 is 0 Å². The van der Waals surface area contributed by atoms with Crippen molar-refractivity contribution in [1.82, 2.24) is 10.6 Å². The first-order valence-corrected chi connectivity index (χ1v) is 6.91. The van der Waals surface area contributed by atoms with Crippen LogP contribution in [0, 0.1) is 5.92 Å². The standard InChI is InChI=1S/C14H18N4O2/c19-13(10-5-6-15-9-10)17-11-1-3-12(4-2-11)18-8-7-16-14(18)20/h1-4,10,15H,5-9H2,(H,16,20)(H,17,19). The number of amides is 3.